The summed E-state index contributed by atoms with van der Waals surface area (Å²) in [5.74, 6) is -0.102. The first-order valence-corrected chi connectivity index (χ1v) is 6.44. The topological polar surface area (TPSA) is 61.4 Å². The van der Waals surface area contributed by atoms with Crippen LogP contribution in [0.2, 0.25) is 0 Å². The van der Waals surface area contributed by atoms with Gasteiger partial charge in [-0.25, -0.2) is 0 Å². The predicted molar refractivity (Wildman–Crippen MR) is 73.9 cm³/mol. The van der Waals surface area contributed by atoms with Crippen molar-refractivity contribution in [3.63, 3.8) is 0 Å². The second-order valence-electron chi connectivity index (χ2n) is 4.37. The minimum Gasteiger partial charge on any atom is -0.393 e. The molecule has 0 aliphatic carbocycles. The van der Waals surface area contributed by atoms with Crippen molar-refractivity contribution in [1.29, 1.82) is 0 Å². The normalized spacial score (nSPS) is 11.9. The van der Waals surface area contributed by atoms with Crippen molar-refractivity contribution in [1.82, 2.24) is 5.32 Å². The van der Waals surface area contributed by atoms with Gasteiger partial charge >= 0.3 is 0 Å². The highest BCUT2D eigenvalue weighted by molar-refractivity contribution is 5.99. The van der Waals surface area contributed by atoms with E-state index in [2.05, 4.69) is 17.6 Å². The van der Waals surface area contributed by atoms with E-state index in [0.717, 1.165) is 18.7 Å². The third-order valence-electron chi connectivity index (χ3n) is 2.58. The largest absolute Gasteiger partial charge is 0.393 e. The van der Waals surface area contributed by atoms with E-state index in [4.69, 9.17) is 5.11 Å². The predicted octanol–water partition coefficient (Wildman–Crippen LogP) is 2.01. The molecule has 1 atom stereocenters. The number of benzene rings is 1. The number of hydrogen-bond donors (Lipinski definition) is 3. The molecule has 1 aromatic rings. The number of anilines is 1. The second-order valence-corrected chi connectivity index (χ2v) is 4.37. The van der Waals surface area contributed by atoms with Crippen molar-refractivity contribution in [2.75, 3.05) is 18.4 Å². The summed E-state index contributed by atoms with van der Waals surface area (Å²) in [7, 11) is 0. The Morgan fingerprint density at radius 3 is 2.72 bits per heavy atom. The van der Waals surface area contributed by atoms with Crippen molar-refractivity contribution in [3.05, 3.63) is 29.8 Å². The maximum atomic E-state index is 12.0. The maximum absolute atomic E-state index is 12.0. The molecule has 1 rings (SSSR count). The maximum Gasteiger partial charge on any atom is 0.253 e. The fourth-order valence-corrected chi connectivity index (χ4v) is 1.58. The average molecular weight is 250 g/mol. The molecule has 0 saturated carbocycles. The Bertz CT molecular complexity index is 378. The van der Waals surface area contributed by atoms with Gasteiger partial charge in [-0.15, -0.1) is 0 Å². The molecule has 0 radical (unpaired) electrons. The minimum absolute atomic E-state index is 0.102. The van der Waals surface area contributed by atoms with Crippen LogP contribution >= 0.6 is 0 Å². The van der Waals surface area contributed by atoms with Crippen molar-refractivity contribution >= 4 is 11.6 Å². The number of carbonyl (C=O) groups excluding carboxylic acids is 1. The highest BCUT2D eigenvalue weighted by Gasteiger charge is 2.09. The lowest BCUT2D eigenvalue weighted by atomic mass is 10.1. The lowest BCUT2D eigenvalue weighted by Crippen LogP contribution is -2.27. The number of aliphatic hydroxyl groups excluding tert-OH is 1. The van der Waals surface area contributed by atoms with Crippen LogP contribution in [0.4, 0.5) is 5.69 Å². The summed E-state index contributed by atoms with van der Waals surface area (Å²) in [5, 5.41) is 15.2. The Morgan fingerprint density at radius 2 is 2.06 bits per heavy atom. The zero-order chi connectivity index (χ0) is 13.4. The SMILES string of the molecule is CCCNc1ccccc1C(=O)NCCC(C)O. The van der Waals surface area contributed by atoms with Gasteiger partial charge in [0, 0.05) is 18.8 Å². The molecule has 100 valence electrons. The number of nitrogens with one attached hydrogen (secondary N) is 2. The fourth-order valence-electron chi connectivity index (χ4n) is 1.58. The Balaban J connectivity index is 2.60. The molecule has 1 amide bonds. The van der Waals surface area contributed by atoms with Crippen LogP contribution < -0.4 is 10.6 Å². The van der Waals surface area contributed by atoms with E-state index < -0.39 is 6.10 Å². The lowest BCUT2D eigenvalue weighted by molar-refractivity contribution is 0.0946. The first-order chi connectivity index (χ1) is 8.65. The summed E-state index contributed by atoms with van der Waals surface area (Å²) in [4.78, 5) is 12.0. The van der Waals surface area contributed by atoms with Crippen LogP contribution in [-0.4, -0.2) is 30.2 Å². The van der Waals surface area contributed by atoms with E-state index in [9.17, 15) is 4.79 Å². The molecule has 0 saturated heterocycles. The first kappa shape index (κ1) is 14.5. The van der Waals surface area contributed by atoms with E-state index in [0.29, 0.717) is 18.5 Å². The highest BCUT2D eigenvalue weighted by Crippen LogP contribution is 2.14. The molecule has 0 fully saturated rings. The molecule has 0 aliphatic rings. The average Bonchev–Trinajstić information content (AvgIpc) is 2.36. The smallest absolute Gasteiger partial charge is 0.253 e. The molecule has 18 heavy (non-hydrogen) atoms. The summed E-state index contributed by atoms with van der Waals surface area (Å²) >= 11 is 0. The van der Waals surface area contributed by atoms with Crippen LogP contribution in [0.15, 0.2) is 24.3 Å². The number of rotatable bonds is 7. The Labute approximate surface area is 108 Å². The van der Waals surface area contributed by atoms with Gasteiger partial charge in [-0.2, -0.15) is 0 Å². The summed E-state index contributed by atoms with van der Waals surface area (Å²) in [5.41, 5.74) is 1.51. The molecule has 0 aliphatic heterocycles. The van der Waals surface area contributed by atoms with Gasteiger partial charge in [0.15, 0.2) is 0 Å². The van der Waals surface area contributed by atoms with Crippen molar-refractivity contribution < 1.29 is 9.90 Å². The molecular formula is C14H22N2O2. The second kappa shape index (κ2) is 7.71. The highest BCUT2D eigenvalue weighted by atomic mass is 16.3. The van der Waals surface area contributed by atoms with Gasteiger partial charge in [0.25, 0.3) is 5.91 Å². The van der Waals surface area contributed by atoms with Gasteiger partial charge in [-0.05, 0) is 31.9 Å². The molecule has 0 aromatic heterocycles. The standard InChI is InChI=1S/C14H22N2O2/c1-3-9-15-13-7-5-4-6-12(13)14(18)16-10-8-11(2)17/h4-7,11,15,17H,3,8-10H2,1-2H3,(H,16,18). The van der Waals surface area contributed by atoms with Gasteiger partial charge in [-0.3, -0.25) is 4.79 Å². The van der Waals surface area contributed by atoms with E-state index in [1.807, 2.05) is 18.2 Å². The third-order valence-corrected chi connectivity index (χ3v) is 2.58. The Kier molecular flexibility index (Phi) is 6.22. The van der Waals surface area contributed by atoms with E-state index in [-0.39, 0.29) is 5.91 Å². The van der Waals surface area contributed by atoms with Gasteiger partial charge in [0.2, 0.25) is 0 Å². The molecular weight excluding hydrogens is 228 g/mol. The number of carbonyl (C=O) groups is 1. The molecule has 0 heterocycles. The van der Waals surface area contributed by atoms with Crippen LogP contribution in [0.25, 0.3) is 0 Å². The molecule has 1 aromatic carbocycles. The van der Waals surface area contributed by atoms with Crippen LogP contribution in [0.1, 0.15) is 37.0 Å². The summed E-state index contributed by atoms with van der Waals surface area (Å²) < 4.78 is 0. The first-order valence-electron chi connectivity index (χ1n) is 6.44. The number of hydrogen-bond acceptors (Lipinski definition) is 3. The van der Waals surface area contributed by atoms with Crippen LogP contribution in [0.3, 0.4) is 0 Å². The third kappa shape index (κ3) is 4.75. The summed E-state index contributed by atoms with van der Waals surface area (Å²) in [6.45, 7) is 5.12. The lowest BCUT2D eigenvalue weighted by Gasteiger charge is -2.12. The molecule has 0 spiro atoms. The van der Waals surface area contributed by atoms with Crippen molar-refractivity contribution in [2.45, 2.75) is 32.8 Å². The minimum atomic E-state index is -0.390. The zero-order valence-electron chi connectivity index (χ0n) is 11.1. The van der Waals surface area contributed by atoms with Gasteiger partial charge in [-0.1, -0.05) is 19.1 Å². The summed E-state index contributed by atoms with van der Waals surface area (Å²) in [6.07, 6.45) is 1.19. The van der Waals surface area contributed by atoms with Crippen LogP contribution in [0, 0.1) is 0 Å². The van der Waals surface area contributed by atoms with Crippen LogP contribution in [0.5, 0.6) is 0 Å². The van der Waals surface area contributed by atoms with Gasteiger partial charge in [0.1, 0.15) is 0 Å². The molecule has 0 bridgehead atoms. The monoisotopic (exact) mass is 250 g/mol. The van der Waals surface area contributed by atoms with E-state index >= 15 is 0 Å². The molecule has 1 unspecified atom stereocenters. The van der Waals surface area contributed by atoms with Crippen molar-refractivity contribution in [2.24, 2.45) is 0 Å². The zero-order valence-corrected chi connectivity index (χ0v) is 11.1. The number of amides is 1. The number of para-hydroxylation sites is 1. The quantitative estimate of drug-likeness (QED) is 0.693. The van der Waals surface area contributed by atoms with E-state index in [1.54, 1.807) is 13.0 Å². The Morgan fingerprint density at radius 1 is 1.33 bits per heavy atom. The van der Waals surface area contributed by atoms with Crippen molar-refractivity contribution in [3.8, 4) is 0 Å². The molecule has 3 N–H and O–H groups in total. The summed E-state index contributed by atoms with van der Waals surface area (Å²) in [6, 6.07) is 7.46. The Hall–Kier alpha value is -1.55. The fraction of sp³-hybridized carbons (Fsp3) is 0.500. The van der Waals surface area contributed by atoms with E-state index in [1.165, 1.54) is 0 Å². The molecule has 4 nitrogen and oxygen atoms in total. The van der Waals surface area contributed by atoms with Gasteiger partial charge < -0.3 is 15.7 Å². The van der Waals surface area contributed by atoms with Gasteiger partial charge in [0.05, 0.1) is 11.7 Å². The van der Waals surface area contributed by atoms with Crippen LogP contribution in [-0.2, 0) is 0 Å². The number of aliphatic hydroxyl groups is 1. The molecule has 4 heteroatoms.